The molecule has 2 aromatic heterocycles. The zero-order valence-electron chi connectivity index (χ0n) is 11.0. The molecule has 0 saturated heterocycles. The Morgan fingerprint density at radius 1 is 1.35 bits per heavy atom. The van der Waals surface area contributed by atoms with Gasteiger partial charge in [0.15, 0.2) is 0 Å². The molecule has 0 spiro atoms. The highest BCUT2D eigenvalue weighted by atomic mass is 32.2. The number of aromatic nitrogens is 4. The van der Waals surface area contributed by atoms with Crippen LogP contribution in [0.25, 0.3) is 0 Å². The fraction of sp³-hybridized carbons (Fsp3) is 0.364. The summed E-state index contributed by atoms with van der Waals surface area (Å²) >= 11 is 0. The van der Waals surface area contributed by atoms with Crippen LogP contribution in [0, 0.1) is 0 Å². The quantitative estimate of drug-likeness (QED) is 0.750. The summed E-state index contributed by atoms with van der Waals surface area (Å²) in [6.45, 7) is 3.33. The first-order chi connectivity index (χ1) is 9.62. The summed E-state index contributed by atoms with van der Waals surface area (Å²) in [7, 11) is -3.55. The molecule has 2 heterocycles. The molecule has 0 aliphatic carbocycles. The fourth-order valence-corrected chi connectivity index (χ4v) is 2.52. The van der Waals surface area contributed by atoms with Crippen molar-refractivity contribution in [3.63, 3.8) is 0 Å². The summed E-state index contributed by atoms with van der Waals surface area (Å²) in [6, 6.07) is 3.15. The Balaban J connectivity index is 1.95. The van der Waals surface area contributed by atoms with Crippen LogP contribution in [0.15, 0.2) is 35.6 Å². The first-order valence-electron chi connectivity index (χ1n) is 6.15. The number of rotatable bonds is 7. The van der Waals surface area contributed by atoms with Gasteiger partial charge >= 0.3 is 0 Å². The van der Waals surface area contributed by atoms with E-state index in [1.807, 2.05) is 6.92 Å². The molecule has 8 nitrogen and oxygen atoms in total. The molecule has 0 atom stereocenters. The van der Waals surface area contributed by atoms with E-state index in [-0.39, 0.29) is 11.4 Å². The molecule has 9 heteroatoms. The summed E-state index contributed by atoms with van der Waals surface area (Å²) in [5, 5.41) is 10.4. The van der Waals surface area contributed by atoms with Crippen LogP contribution in [-0.4, -0.2) is 41.5 Å². The van der Waals surface area contributed by atoms with Crippen LogP contribution in [-0.2, 0) is 16.6 Å². The lowest BCUT2D eigenvalue weighted by Gasteiger charge is -2.07. The van der Waals surface area contributed by atoms with Crippen molar-refractivity contribution in [2.45, 2.75) is 18.4 Å². The minimum Gasteiger partial charge on any atom is -0.370 e. The van der Waals surface area contributed by atoms with Crippen molar-refractivity contribution in [1.29, 1.82) is 0 Å². The number of hydrogen-bond acceptors (Lipinski definition) is 6. The van der Waals surface area contributed by atoms with Crippen LogP contribution in [0.1, 0.15) is 6.92 Å². The molecule has 0 fully saturated rings. The molecule has 2 N–H and O–H groups in total. The molecule has 0 aliphatic rings. The van der Waals surface area contributed by atoms with Crippen molar-refractivity contribution >= 4 is 15.8 Å². The second kappa shape index (κ2) is 6.44. The van der Waals surface area contributed by atoms with E-state index in [1.54, 1.807) is 16.9 Å². The Morgan fingerprint density at radius 3 is 2.80 bits per heavy atom. The van der Waals surface area contributed by atoms with E-state index in [1.165, 1.54) is 18.5 Å². The third-order valence-electron chi connectivity index (χ3n) is 2.51. The Hall–Kier alpha value is -2.00. The van der Waals surface area contributed by atoms with E-state index in [2.05, 4.69) is 25.3 Å². The van der Waals surface area contributed by atoms with Gasteiger partial charge in [0.1, 0.15) is 10.7 Å². The molecule has 0 saturated carbocycles. The van der Waals surface area contributed by atoms with E-state index in [9.17, 15) is 8.42 Å². The Labute approximate surface area is 117 Å². The number of hydrogen-bond donors (Lipinski definition) is 2. The van der Waals surface area contributed by atoms with Gasteiger partial charge in [-0.1, -0.05) is 5.21 Å². The lowest BCUT2D eigenvalue weighted by molar-refractivity contribution is 0.552. The molecule has 0 unspecified atom stereocenters. The SMILES string of the molecule is CCNc1ccc(S(=O)(=O)NCCn2ccnn2)cn1. The van der Waals surface area contributed by atoms with Crippen LogP contribution in [0.2, 0.25) is 0 Å². The van der Waals surface area contributed by atoms with Gasteiger partial charge in [0, 0.05) is 25.5 Å². The molecular weight excluding hydrogens is 280 g/mol. The van der Waals surface area contributed by atoms with Gasteiger partial charge in [-0.25, -0.2) is 18.1 Å². The largest absolute Gasteiger partial charge is 0.370 e. The van der Waals surface area contributed by atoms with Gasteiger partial charge in [0.25, 0.3) is 0 Å². The summed E-state index contributed by atoms with van der Waals surface area (Å²) in [5.74, 6) is 0.647. The first-order valence-corrected chi connectivity index (χ1v) is 7.64. The van der Waals surface area contributed by atoms with Crippen molar-refractivity contribution in [3.05, 3.63) is 30.7 Å². The average Bonchev–Trinajstić information content (AvgIpc) is 2.93. The summed E-state index contributed by atoms with van der Waals surface area (Å²) in [4.78, 5) is 4.17. The number of pyridine rings is 1. The van der Waals surface area contributed by atoms with Crippen LogP contribution in [0.5, 0.6) is 0 Å². The van der Waals surface area contributed by atoms with Crippen LogP contribution >= 0.6 is 0 Å². The molecular formula is C11H16N6O2S. The van der Waals surface area contributed by atoms with E-state index in [0.717, 1.165) is 6.54 Å². The van der Waals surface area contributed by atoms with Crippen molar-refractivity contribution in [2.75, 3.05) is 18.4 Å². The molecule has 2 aromatic rings. The highest BCUT2D eigenvalue weighted by Gasteiger charge is 2.13. The maximum absolute atomic E-state index is 12.0. The standard InChI is InChI=1S/C11H16N6O2S/c1-2-12-11-4-3-10(9-13-11)20(18,19)15-6-8-17-7-5-14-16-17/h3-5,7,9,15H,2,6,8H2,1H3,(H,12,13). The topological polar surface area (TPSA) is 102 Å². The van der Waals surface area contributed by atoms with Gasteiger partial charge in [-0.05, 0) is 19.1 Å². The third kappa shape index (κ3) is 3.75. The molecule has 108 valence electrons. The van der Waals surface area contributed by atoms with Crippen molar-refractivity contribution in [2.24, 2.45) is 0 Å². The van der Waals surface area contributed by atoms with Crippen molar-refractivity contribution < 1.29 is 8.42 Å². The minimum absolute atomic E-state index is 0.137. The summed E-state index contributed by atoms with van der Waals surface area (Å²) < 4.78 is 28.1. The van der Waals surface area contributed by atoms with E-state index < -0.39 is 10.0 Å². The molecule has 0 aromatic carbocycles. The van der Waals surface area contributed by atoms with Crippen LogP contribution in [0.4, 0.5) is 5.82 Å². The van der Waals surface area contributed by atoms with Gasteiger partial charge < -0.3 is 5.32 Å². The fourth-order valence-electron chi connectivity index (χ4n) is 1.55. The lowest BCUT2D eigenvalue weighted by Crippen LogP contribution is -2.27. The molecule has 0 radical (unpaired) electrons. The summed E-state index contributed by atoms with van der Waals surface area (Å²) in [5.41, 5.74) is 0. The second-order valence-corrected chi connectivity index (χ2v) is 5.74. The lowest BCUT2D eigenvalue weighted by atomic mass is 10.4. The summed E-state index contributed by atoms with van der Waals surface area (Å²) in [6.07, 6.45) is 4.54. The van der Waals surface area contributed by atoms with Crippen LogP contribution < -0.4 is 10.0 Å². The Kier molecular flexibility index (Phi) is 4.64. The van der Waals surface area contributed by atoms with Gasteiger partial charge in [-0.2, -0.15) is 0 Å². The molecule has 0 amide bonds. The maximum Gasteiger partial charge on any atom is 0.242 e. The van der Waals surface area contributed by atoms with Gasteiger partial charge in [-0.15, -0.1) is 5.10 Å². The first kappa shape index (κ1) is 14.4. The zero-order valence-corrected chi connectivity index (χ0v) is 11.8. The number of sulfonamides is 1. The zero-order chi connectivity index (χ0) is 14.4. The molecule has 0 aliphatic heterocycles. The number of nitrogens with one attached hydrogen (secondary N) is 2. The Morgan fingerprint density at radius 2 is 2.20 bits per heavy atom. The smallest absolute Gasteiger partial charge is 0.242 e. The van der Waals surface area contributed by atoms with Gasteiger partial charge in [0.05, 0.1) is 12.7 Å². The van der Waals surface area contributed by atoms with E-state index >= 15 is 0 Å². The molecule has 20 heavy (non-hydrogen) atoms. The van der Waals surface area contributed by atoms with Crippen molar-refractivity contribution in [3.8, 4) is 0 Å². The highest BCUT2D eigenvalue weighted by Crippen LogP contribution is 2.10. The second-order valence-electron chi connectivity index (χ2n) is 3.97. The van der Waals surface area contributed by atoms with E-state index in [0.29, 0.717) is 12.4 Å². The molecule has 0 bridgehead atoms. The normalized spacial score (nSPS) is 11.4. The highest BCUT2D eigenvalue weighted by molar-refractivity contribution is 7.89. The van der Waals surface area contributed by atoms with E-state index in [4.69, 9.17) is 0 Å². The average molecular weight is 296 g/mol. The third-order valence-corrected chi connectivity index (χ3v) is 3.96. The minimum atomic E-state index is -3.55. The molecule has 2 rings (SSSR count). The van der Waals surface area contributed by atoms with Crippen molar-refractivity contribution in [1.82, 2.24) is 24.7 Å². The van der Waals surface area contributed by atoms with Crippen LogP contribution in [0.3, 0.4) is 0 Å². The van der Waals surface area contributed by atoms with Gasteiger partial charge in [0.2, 0.25) is 10.0 Å². The van der Waals surface area contributed by atoms with Gasteiger partial charge in [-0.3, -0.25) is 4.68 Å². The predicted molar refractivity (Wildman–Crippen MR) is 73.6 cm³/mol. The number of nitrogens with zero attached hydrogens (tertiary/aromatic N) is 4. The Bertz CT molecular complexity index is 623. The monoisotopic (exact) mass is 296 g/mol. The maximum atomic E-state index is 12.0. The number of anilines is 1. The predicted octanol–water partition coefficient (Wildman–Crippen LogP) is 0.0834.